The molecule has 0 aliphatic rings. The molecular weight excluding hydrogens is 304 g/mol. The molecule has 0 fully saturated rings. The molecule has 0 unspecified atom stereocenters. The van der Waals surface area contributed by atoms with Gasteiger partial charge in [0.1, 0.15) is 0 Å². The van der Waals surface area contributed by atoms with Crippen molar-refractivity contribution >= 4 is 21.6 Å². The molecule has 116 valence electrons. The number of benzene rings is 2. The summed E-state index contributed by atoms with van der Waals surface area (Å²) in [4.78, 5) is 16.2. The summed E-state index contributed by atoms with van der Waals surface area (Å²) >= 11 is 0. The van der Waals surface area contributed by atoms with Crippen LogP contribution < -0.4 is 10.2 Å². The second kappa shape index (κ2) is 6.59. The third-order valence-corrected chi connectivity index (χ3v) is 4.25. The van der Waals surface area contributed by atoms with Crippen LogP contribution in [0.3, 0.4) is 0 Å². The number of carbonyl (C=O) groups is 1. The number of hydrogen-bond acceptors (Lipinski definition) is 4. The molecule has 6 nitrogen and oxygen atoms in total. The van der Waals surface area contributed by atoms with Gasteiger partial charge in [-0.2, -0.15) is 0 Å². The van der Waals surface area contributed by atoms with E-state index < -0.39 is 15.9 Å². The molecule has 0 bridgehead atoms. The zero-order valence-electron chi connectivity index (χ0n) is 12.2. The van der Waals surface area contributed by atoms with Crippen LogP contribution in [0, 0.1) is 6.92 Å². The van der Waals surface area contributed by atoms with Crippen LogP contribution in [0.1, 0.15) is 15.9 Å². The van der Waals surface area contributed by atoms with Crippen LogP contribution in [0.5, 0.6) is 0 Å². The number of nitrogens with one attached hydrogen (secondary N) is 2. The van der Waals surface area contributed by atoms with E-state index in [0.29, 0.717) is 5.69 Å². The molecule has 2 N–H and O–H groups in total. The highest BCUT2D eigenvalue weighted by atomic mass is 32.2. The first-order valence-corrected chi connectivity index (χ1v) is 7.93. The molecule has 0 saturated carbocycles. The van der Waals surface area contributed by atoms with Crippen molar-refractivity contribution in [1.82, 2.24) is 5.48 Å². The monoisotopic (exact) mass is 320 g/mol. The van der Waals surface area contributed by atoms with E-state index in [1.165, 1.54) is 31.4 Å². The third kappa shape index (κ3) is 3.84. The molecule has 22 heavy (non-hydrogen) atoms. The van der Waals surface area contributed by atoms with Gasteiger partial charge in [-0.3, -0.25) is 14.4 Å². The highest BCUT2D eigenvalue weighted by molar-refractivity contribution is 7.92. The van der Waals surface area contributed by atoms with Crippen molar-refractivity contribution in [2.45, 2.75) is 11.8 Å². The highest BCUT2D eigenvalue weighted by Gasteiger charge is 2.16. The van der Waals surface area contributed by atoms with Crippen molar-refractivity contribution < 1.29 is 18.0 Å². The van der Waals surface area contributed by atoms with Gasteiger partial charge in [0.05, 0.1) is 12.0 Å². The summed E-state index contributed by atoms with van der Waals surface area (Å²) in [6.45, 7) is 1.87. The second-order valence-corrected chi connectivity index (χ2v) is 6.32. The van der Waals surface area contributed by atoms with Gasteiger partial charge >= 0.3 is 0 Å². The summed E-state index contributed by atoms with van der Waals surface area (Å²) in [5, 5.41) is 0. The number of hydrogen-bond donors (Lipinski definition) is 2. The zero-order valence-corrected chi connectivity index (χ0v) is 13.0. The van der Waals surface area contributed by atoms with Crippen LogP contribution in [0.4, 0.5) is 5.69 Å². The lowest BCUT2D eigenvalue weighted by atomic mass is 10.2. The van der Waals surface area contributed by atoms with Gasteiger partial charge in [-0.1, -0.05) is 18.2 Å². The topological polar surface area (TPSA) is 84.5 Å². The van der Waals surface area contributed by atoms with Crippen molar-refractivity contribution in [3.05, 3.63) is 59.7 Å². The number of anilines is 1. The molecule has 0 aliphatic heterocycles. The molecular formula is C15H16N2O4S. The van der Waals surface area contributed by atoms with E-state index in [-0.39, 0.29) is 10.5 Å². The lowest BCUT2D eigenvalue weighted by Gasteiger charge is -2.10. The van der Waals surface area contributed by atoms with Crippen molar-refractivity contribution in [3.63, 3.8) is 0 Å². The summed E-state index contributed by atoms with van der Waals surface area (Å²) in [6.07, 6.45) is 0. The van der Waals surface area contributed by atoms with Gasteiger partial charge in [-0.25, -0.2) is 13.9 Å². The molecule has 2 aromatic carbocycles. The summed E-state index contributed by atoms with van der Waals surface area (Å²) in [7, 11) is -2.47. The van der Waals surface area contributed by atoms with Crippen LogP contribution >= 0.6 is 0 Å². The Morgan fingerprint density at radius 3 is 2.50 bits per heavy atom. The Kier molecular flexibility index (Phi) is 4.79. The van der Waals surface area contributed by atoms with Crippen molar-refractivity contribution in [3.8, 4) is 0 Å². The maximum absolute atomic E-state index is 12.4. The minimum absolute atomic E-state index is 0.00207. The summed E-state index contributed by atoms with van der Waals surface area (Å²) in [6, 6.07) is 12.7. The van der Waals surface area contributed by atoms with E-state index >= 15 is 0 Å². The number of rotatable bonds is 5. The Hall–Kier alpha value is -2.38. The van der Waals surface area contributed by atoms with Gasteiger partial charge in [0.15, 0.2) is 0 Å². The largest absolute Gasteiger partial charge is 0.280 e. The highest BCUT2D eigenvalue weighted by Crippen LogP contribution is 2.18. The summed E-state index contributed by atoms with van der Waals surface area (Å²) in [5.41, 5.74) is 3.74. The molecule has 0 aromatic heterocycles. The predicted octanol–water partition coefficient (Wildman–Crippen LogP) is 2.09. The van der Waals surface area contributed by atoms with E-state index in [9.17, 15) is 13.2 Å². The fraction of sp³-hybridized carbons (Fsp3) is 0.133. The lowest BCUT2D eigenvalue weighted by Crippen LogP contribution is -2.22. The van der Waals surface area contributed by atoms with Crippen LogP contribution in [0.15, 0.2) is 53.4 Å². The average Bonchev–Trinajstić information content (AvgIpc) is 2.47. The molecule has 0 heterocycles. The second-order valence-electron chi connectivity index (χ2n) is 4.64. The predicted molar refractivity (Wildman–Crippen MR) is 82.9 cm³/mol. The van der Waals surface area contributed by atoms with Gasteiger partial charge < -0.3 is 0 Å². The first-order chi connectivity index (χ1) is 10.4. The lowest BCUT2D eigenvalue weighted by molar-refractivity contribution is 0.0537. The van der Waals surface area contributed by atoms with E-state index in [1.54, 1.807) is 18.2 Å². The molecule has 0 aliphatic carbocycles. The van der Waals surface area contributed by atoms with Gasteiger partial charge in [0.2, 0.25) is 0 Å². The van der Waals surface area contributed by atoms with Gasteiger partial charge in [-0.05, 0) is 42.8 Å². The SMILES string of the molecule is CONC(=O)c1cccc(S(=O)(=O)Nc2cccc(C)c2)c1. The summed E-state index contributed by atoms with van der Waals surface area (Å²) < 4.78 is 27.2. The Morgan fingerprint density at radius 1 is 1.09 bits per heavy atom. The molecule has 0 atom stereocenters. The fourth-order valence-electron chi connectivity index (χ4n) is 1.88. The smallest absolute Gasteiger partial charge is 0.274 e. The first-order valence-electron chi connectivity index (χ1n) is 6.45. The third-order valence-electron chi connectivity index (χ3n) is 2.87. The van der Waals surface area contributed by atoms with Gasteiger partial charge in [0.25, 0.3) is 15.9 Å². The van der Waals surface area contributed by atoms with Crippen molar-refractivity contribution in [2.75, 3.05) is 11.8 Å². The summed E-state index contributed by atoms with van der Waals surface area (Å²) in [5.74, 6) is -0.518. The van der Waals surface area contributed by atoms with Crippen molar-refractivity contribution in [2.24, 2.45) is 0 Å². The van der Waals surface area contributed by atoms with E-state index in [2.05, 4.69) is 15.0 Å². The standard InChI is InChI=1S/C15H16N2O4S/c1-11-5-3-7-13(9-11)17-22(19,20)14-8-4-6-12(10-14)15(18)16-21-2/h3-10,17H,1-2H3,(H,16,18). The van der Waals surface area contributed by atoms with Crippen LogP contribution in [-0.2, 0) is 14.9 Å². The number of aryl methyl sites for hydroxylation is 1. The Labute approximate surface area is 129 Å². The molecule has 2 rings (SSSR count). The molecule has 7 heteroatoms. The molecule has 1 amide bonds. The van der Waals surface area contributed by atoms with Crippen LogP contribution in [0.25, 0.3) is 0 Å². The Bertz CT molecular complexity index is 788. The fourth-order valence-corrected chi connectivity index (χ4v) is 2.97. The normalized spacial score (nSPS) is 11.0. The average molecular weight is 320 g/mol. The zero-order chi connectivity index (χ0) is 16.2. The minimum Gasteiger partial charge on any atom is -0.280 e. The van der Waals surface area contributed by atoms with Crippen LogP contribution in [-0.4, -0.2) is 21.4 Å². The first kappa shape index (κ1) is 16.0. The number of hydroxylamine groups is 1. The van der Waals surface area contributed by atoms with Crippen LogP contribution in [0.2, 0.25) is 0 Å². The molecule has 0 saturated heterocycles. The molecule has 0 radical (unpaired) electrons. The van der Waals surface area contributed by atoms with Gasteiger partial charge in [-0.15, -0.1) is 0 Å². The minimum atomic E-state index is -3.77. The molecule has 0 spiro atoms. The number of carbonyl (C=O) groups excluding carboxylic acids is 1. The molecule has 2 aromatic rings. The quantitative estimate of drug-likeness (QED) is 0.826. The van der Waals surface area contributed by atoms with E-state index in [4.69, 9.17) is 0 Å². The van der Waals surface area contributed by atoms with E-state index in [0.717, 1.165) is 5.56 Å². The number of sulfonamides is 1. The Balaban J connectivity index is 2.30. The Morgan fingerprint density at radius 2 is 1.82 bits per heavy atom. The number of amides is 1. The maximum atomic E-state index is 12.4. The van der Waals surface area contributed by atoms with Gasteiger partial charge in [0, 0.05) is 11.3 Å². The van der Waals surface area contributed by atoms with E-state index in [1.807, 2.05) is 13.0 Å². The maximum Gasteiger partial charge on any atom is 0.274 e. The van der Waals surface area contributed by atoms with Crippen molar-refractivity contribution in [1.29, 1.82) is 0 Å².